The number of nitrogens with two attached hydrogens (primary N) is 1. The van der Waals surface area contributed by atoms with E-state index in [-0.39, 0.29) is 11.1 Å². The highest BCUT2D eigenvalue weighted by atomic mass is 35.5. The van der Waals surface area contributed by atoms with Crippen LogP contribution in [0.2, 0.25) is 5.02 Å². The highest BCUT2D eigenvalue weighted by molar-refractivity contribution is 6.33. The number of alkyl halides is 3. The highest BCUT2D eigenvalue weighted by Gasteiger charge is 2.32. The Morgan fingerprint density at radius 3 is 2.33 bits per heavy atom. The van der Waals surface area contributed by atoms with Crippen LogP contribution in [0.1, 0.15) is 19.4 Å². The summed E-state index contributed by atoms with van der Waals surface area (Å²) >= 11 is 6.01. The van der Waals surface area contributed by atoms with E-state index in [0.717, 1.165) is 5.56 Å². The molecule has 2 N–H and O–H groups in total. The molecule has 0 saturated heterocycles. The summed E-state index contributed by atoms with van der Waals surface area (Å²) < 4.78 is 37.6. The first-order chi connectivity index (χ1) is 8.24. The van der Waals surface area contributed by atoms with E-state index in [2.05, 4.69) is 0 Å². The van der Waals surface area contributed by atoms with E-state index >= 15 is 0 Å². The first-order valence-electron chi connectivity index (χ1n) is 5.56. The Kier molecular flexibility index (Phi) is 4.87. The number of benzene rings is 1. The molecule has 6 heteroatoms. The number of rotatable bonds is 4. The summed E-state index contributed by atoms with van der Waals surface area (Å²) in [5, 5.41) is 0.288. The molecule has 0 saturated carbocycles. The van der Waals surface area contributed by atoms with Crippen molar-refractivity contribution in [1.82, 2.24) is 0 Å². The van der Waals surface area contributed by atoms with Gasteiger partial charge in [-0.2, -0.15) is 13.2 Å². The van der Waals surface area contributed by atoms with Crippen LogP contribution >= 0.6 is 11.6 Å². The SMILES string of the molecule is CC(C)N(CC(F)(F)F)c1ccc(CN)cc1Cl. The number of hydrogen-bond acceptors (Lipinski definition) is 2. The van der Waals surface area contributed by atoms with E-state index in [4.69, 9.17) is 17.3 Å². The van der Waals surface area contributed by atoms with Gasteiger partial charge in [0, 0.05) is 12.6 Å². The molecule has 102 valence electrons. The van der Waals surface area contributed by atoms with Gasteiger partial charge in [-0.1, -0.05) is 17.7 Å². The fourth-order valence-electron chi connectivity index (χ4n) is 1.65. The fourth-order valence-corrected chi connectivity index (χ4v) is 1.96. The largest absolute Gasteiger partial charge is 0.405 e. The third-order valence-corrected chi connectivity index (χ3v) is 2.83. The summed E-state index contributed by atoms with van der Waals surface area (Å²) in [5.74, 6) is 0. The lowest BCUT2D eigenvalue weighted by molar-refractivity contribution is -0.120. The Morgan fingerprint density at radius 1 is 1.33 bits per heavy atom. The molecule has 18 heavy (non-hydrogen) atoms. The monoisotopic (exact) mass is 280 g/mol. The van der Waals surface area contributed by atoms with Crippen molar-refractivity contribution >= 4 is 17.3 Å². The van der Waals surface area contributed by atoms with E-state index in [0.29, 0.717) is 12.2 Å². The van der Waals surface area contributed by atoms with Crippen molar-refractivity contribution in [3.8, 4) is 0 Å². The lowest BCUT2D eigenvalue weighted by Crippen LogP contribution is -2.39. The summed E-state index contributed by atoms with van der Waals surface area (Å²) in [6, 6.07) is 4.57. The molecule has 0 aliphatic rings. The zero-order valence-electron chi connectivity index (χ0n) is 10.3. The topological polar surface area (TPSA) is 29.3 Å². The van der Waals surface area contributed by atoms with Crippen LogP contribution in [-0.4, -0.2) is 18.8 Å². The molecule has 0 aliphatic carbocycles. The van der Waals surface area contributed by atoms with Crippen LogP contribution in [0.15, 0.2) is 18.2 Å². The van der Waals surface area contributed by atoms with Crippen LogP contribution in [0, 0.1) is 0 Å². The average molecular weight is 281 g/mol. The summed E-state index contributed by atoms with van der Waals surface area (Å²) in [6.45, 7) is 2.67. The van der Waals surface area contributed by atoms with E-state index < -0.39 is 12.7 Å². The van der Waals surface area contributed by atoms with Gasteiger partial charge >= 0.3 is 6.18 Å². The smallest absolute Gasteiger partial charge is 0.359 e. The average Bonchev–Trinajstić information content (AvgIpc) is 2.24. The molecule has 1 aromatic carbocycles. The molecule has 1 aromatic rings. The van der Waals surface area contributed by atoms with Crippen LogP contribution in [0.25, 0.3) is 0 Å². The second-order valence-corrected chi connectivity index (χ2v) is 4.73. The van der Waals surface area contributed by atoms with Crippen LogP contribution in [0.4, 0.5) is 18.9 Å². The molecular formula is C12H16ClF3N2. The van der Waals surface area contributed by atoms with Gasteiger partial charge in [-0.3, -0.25) is 0 Å². The Hall–Kier alpha value is -0.940. The second kappa shape index (κ2) is 5.80. The van der Waals surface area contributed by atoms with Crippen molar-refractivity contribution < 1.29 is 13.2 Å². The molecule has 0 atom stereocenters. The maximum absolute atomic E-state index is 12.5. The lowest BCUT2D eigenvalue weighted by atomic mass is 10.1. The molecule has 0 bridgehead atoms. The Bertz CT molecular complexity index is 405. The molecular weight excluding hydrogens is 265 g/mol. The molecule has 0 fully saturated rings. The van der Waals surface area contributed by atoms with Gasteiger partial charge in [-0.15, -0.1) is 0 Å². The van der Waals surface area contributed by atoms with Gasteiger partial charge in [0.15, 0.2) is 0 Å². The standard InChI is InChI=1S/C12H16ClF3N2/c1-8(2)18(7-12(14,15)16)11-4-3-9(6-17)5-10(11)13/h3-5,8H,6-7,17H2,1-2H3. The van der Waals surface area contributed by atoms with Crippen molar-refractivity contribution in [2.24, 2.45) is 5.73 Å². The highest BCUT2D eigenvalue weighted by Crippen LogP contribution is 2.31. The predicted molar refractivity (Wildman–Crippen MR) is 67.9 cm³/mol. The molecule has 0 heterocycles. The molecule has 0 unspecified atom stereocenters. The van der Waals surface area contributed by atoms with Crippen LogP contribution in [-0.2, 0) is 6.54 Å². The van der Waals surface area contributed by atoms with Gasteiger partial charge < -0.3 is 10.6 Å². The van der Waals surface area contributed by atoms with Crippen LogP contribution in [0.3, 0.4) is 0 Å². The number of halogens is 4. The first kappa shape index (κ1) is 15.1. The number of nitrogens with zero attached hydrogens (tertiary/aromatic N) is 1. The molecule has 1 rings (SSSR count). The van der Waals surface area contributed by atoms with E-state index in [1.54, 1.807) is 32.0 Å². The predicted octanol–water partition coefficient (Wildman–Crippen LogP) is 3.58. The summed E-state index contributed by atoms with van der Waals surface area (Å²) in [4.78, 5) is 1.22. The van der Waals surface area contributed by atoms with Crippen molar-refractivity contribution in [1.29, 1.82) is 0 Å². The zero-order chi connectivity index (χ0) is 13.9. The third kappa shape index (κ3) is 4.07. The summed E-state index contributed by atoms with van der Waals surface area (Å²) in [5.41, 5.74) is 6.62. The molecule has 0 spiro atoms. The minimum atomic E-state index is -4.26. The van der Waals surface area contributed by atoms with Gasteiger partial charge in [0.05, 0.1) is 10.7 Å². The van der Waals surface area contributed by atoms with E-state index in [1.165, 1.54) is 4.90 Å². The minimum absolute atomic E-state index is 0.288. The summed E-state index contributed by atoms with van der Waals surface area (Å²) in [6.07, 6.45) is -4.26. The first-order valence-corrected chi connectivity index (χ1v) is 5.94. The molecule has 0 aliphatic heterocycles. The van der Waals surface area contributed by atoms with Gasteiger partial charge in [0.25, 0.3) is 0 Å². The van der Waals surface area contributed by atoms with Crippen molar-refractivity contribution in [2.45, 2.75) is 32.6 Å². The van der Waals surface area contributed by atoms with Crippen molar-refractivity contribution in [3.05, 3.63) is 28.8 Å². The second-order valence-electron chi connectivity index (χ2n) is 4.33. The van der Waals surface area contributed by atoms with Gasteiger partial charge in [0.2, 0.25) is 0 Å². The molecule has 0 radical (unpaired) electrons. The fraction of sp³-hybridized carbons (Fsp3) is 0.500. The maximum atomic E-state index is 12.5. The Balaban J connectivity index is 3.06. The lowest BCUT2D eigenvalue weighted by Gasteiger charge is -2.30. The van der Waals surface area contributed by atoms with Crippen LogP contribution in [0.5, 0.6) is 0 Å². The van der Waals surface area contributed by atoms with Gasteiger partial charge in [0.1, 0.15) is 6.54 Å². The Morgan fingerprint density at radius 2 is 1.94 bits per heavy atom. The van der Waals surface area contributed by atoms with Crippen molar-refractivity contribution in [2.75, 3.05) is 11.4 Å². The quantitative estimate of drug-likeness (QED) is 0.913. The van der Waals surface area contributed by atoms with Gasteiger partial charge in [-0.25, -0.2) is 0 Å². The number of hydrogen-bond donors (Lipinski definition) is 1. The number of anilines is 1. The van der Waals surface area contributed by atoms with Gasteiger partial charge in [-0.05, 0) is 31.5 Å². The summed E-state index contributed by atoms with van der Waals surface area (Å²) in [7, 11) is 0. The van der Waals surface area contributed by atoms with E-state index in [1.807, 2.05) is 0 Å². The van der Waals surface area contributed by atoms with Crippen LogP contribution < -0.4 is 10.6 Å². The molecule has 0 amide bonds. The van der Waals surface area contributed by atoms with E-state index in [9.17, 15) is 13.2 Å². The molecule has 2 nitrogen and oxygen atoms in total. The third-order valence-electron chi connectivity index (χ3n) is 2.53. The Labute approximate surface area is 110 Å². The van der Waals surface area contributed by atoms with Crippen molar-refractivity contribution in [3.63, 3.8) is 0 Å². The minimum Gasteiger partial charge on any atom is -0.359 e. The normalized spacial score (nSPS) is 12.0. The maximum Gasteiger partial charge on any atom is 0.405 e. The zero-order valence-corrected chi connectivity index (χ0v) is 11.0. The molecule has 0 aromatic heterocycles.